The minimum absolute atomic E-state index is 0.0844. The lowest BCUT2D eigenvalue weighted by atomic mass is 10.0. The van der Waals surface area contributed by atoms with Crippen LogP contribution >= 0.6 is 11.3 Å². The van der Waals surface area contributed by atoms with Gasteiger partial charge < -0.3 is 19.9 Å². The number of amides is 1. The number of benzene rings is 1. The first kappa shape index (κ1) is 23.1. The summed E-state index contributed by atoms with van der Waals surface area (Å²) in [4.78, 5) is 29.1. The van der Waals surface area contributed by atoms with E-state index in [2.05, 4.69) is 33.3 Å². The van der Waals surface area contributed by atoms with Crippen molar-refractivity contribution in [1.82, 2.24) is 0 Å². The molecule has 3 N–H and O–H groups in total. The van der Waals surface area contributed by atoms with Crippen molar-refractivity contribution in [2.24, 2.45) is 0 Å². The van der Waals surface area contributed by atoms with E-state index in [9.17, 15) is 9.59 Å². The molecule has 0 unspecified atom stereocenters. The Bertz CT molecular complexity index is 814. The number of hydrogen-bond donors (Lipinski definition) is 3. The van der Waals surface area contributed by atoms with Crippen molar-refractivity contribution in [3.63, 3.8) is 0 Å². The van der Waals surface area contributed by atoms with E-state index in [1.165, 1.54) is 21.1 Å². The van der Waals surface area contributed by atoms with E-state index in [0.29, 0.717) is 17.1 Å². The van der Waals surface area contributed by atoms with Gasteiger partial charge in [0.25, 0.3) is 5.91 Å². The molecule has 158 valence electrons. The summed E-state index contributed by atoms with van der Waals surface area (Å²) in [6, 6.07) is 9.84. The van der Waals surface area contributed by atoms with Crippen LogP contribution in [0.25, 0.3) is 11.1 Å². The molecule has 0 aliphatic rings. The zero-order chi connectivity index (χ0) is 21.4. The van der Waals surface area contributed by atoms with Crippen LogP contribution in [0.2, 0.25) is 0 Å². The van der Waals surface area contributed by atoms with Gasteiger partial charge in [-0.05, 0) is 26.3 Å². The molecule has 0 radical (unpaired) electrons. The molecule has 2 rings (SSSR count). The van der Waals surface area contributed by atoms with Crippen LogP contribution in [0.1, 0.15) is 36.0 Å². The van der Waals surface area contributed by atoms with E-state index < -0.39 is 5.97 Å². The van der Waals surface area contributed by atoms with Gasteiger partial charge in [-0.1, -0.05) is 30.3 Å². The zero-order valence-corrected chi connectivity index (χ0v) is 18.9. The highest BCUT2D eigenvalue weighted by Crippen LogP contribution is 2.40. The first-order chi connectivity index (χ1) is 13.9. The van der Waals surface area contributed by atoms with Crippen molar-refractivity contribution in [1.29, 1.82) is 0 Å². The van der Waals surface area contributed by atoms with Gasteiger partial charge in [0.05, 0.1) is 38.7 Å². The number of thiophene rings is 1. The maximum absolute atomic E-state index is 12.9. The molecule has 0 atom stereocenters. The van der Waals surface area contributed by atoms with Gasteiger partial charge in [0.2, 0.25) is 0 Å². The van der Waals surface area contributed by atoms with Crippen molar-refractivity contribution in [2.45, 2.75) is 27.3 Å². The second-order valence-corrected chi connectivity index (χ2v) is 8.36. The van der Waals surface area contributed by atoms with Gasteiger partial charge in [-0.2, -0.15) is 0 Å². The molecule has 1 heterocycles. The van der Waals surface area contributed by atoms with Crippen LogP contribution in [-0.4, -0.2) is 52.2 Å². The predicted molar refractivity (Wildman–Crippen MR) is 118 cm³/mol. The number of nitrogens with one attached hydrogen (secondary N) is 3. The largest absolute Gasteiger partial charge is 0.462 e. The van der Waals surface area contributed by atoms with Crippen molar-refractivity contribution in [3.05, 3.63) is 40.8 Å². The average Bonchev–Trinajstić information content (AvgIpc) is 3.03. The van der Waals surface area contributed by atoms with Gasteiger partial charge in [-0.3, -0.25) is 4.79 Å². The minimum atomic E-state index is -0.395. The SMILES string of the molecule is CCOC(=O)c1c(NC(=O)C[NH+](CC)CC)sc(C[NH+](C)C)c1-c1ccccc1. The second-order valence-electron chi connectivity index (χ2n) is 7.26. The molecule has 6 nitrogen and oxygen atoms in total. The van der Waals surface area contributed by atoms with Crippen molar-refractivity contribution in [2.75, 3.05) is 45.7 Å². The molecule has 0 aliphatic heterocycles. The number of ether oxygens (including phenoxy) is 1. The van der Waals surface area contributed by atoms with Crippen LogP contribution in [0.3, 0.4) is 0 Å². The molecular weight excluding hydrogens is 386 g/mol. The molecule has 1 aromatic carbocycles. The number of esters is 1. The molecule has 1 aromatic heterocycles. The van der Waals surface area contributed by atoms with Gasteiger partial charge in [0.15, 0.2) is 6.54 Å². The van der Waals surface area contributed by atoms with Gasteiger partial charge in [0, 0.05) is 5.56 Å². The third-order valence-electron chi connectivity index (χ3n) is 4.70. The van der Waals surface area contributed by atoms with E-state index in [1.807, 2.05) is 30.3 Å². The second kappa shape index (κ2) is 11.1. The highest BCUT2D eigenvalue weighted by Gasteiger charge is 2.28. The number of likely N-dealkylation sites (N-methyl/N-ethyl adjacent to an activating group) is 1. The Hall–Kier alpha value is -2.22. The first-order valence-corrected chi connectivity index (χ1v) is 11.0. The molecule has 2 aromatic rings. The smallest absolute Gasteiger partial charge is 0.341 e. The highest BCUT2D eigenvalue weighted by atomic mass is 32.1. The monoisotopic (exact) mass is 419 g/mol. The van der Waals surface area contributed by atoms with Gasteiger partial charge in [-0.25, -0.2) is 4.79 Å². The zero-order valence-electron chi connectivity index (χ0n) is 18.1. The van der Waals surface area contributed by atoms with Crippen LogP contribution < -0.4 is 15.1 Å². The minimum Gasteiger partial charge on any atom is -0.462 e. The van der Waals surface area contributed by atoms with Gasteiger partial charge in [0.1, 0.15) is 17.1 Å². The first-order valence-electron chi connectivity index (χ1n) is 10.2. The summed E-state index contributed by atoms with van der Waals surface area (Å²) < 4.78 is 5.36. The van der Waals surface area contributed by atoms with Crippen LogP contribution in [0.15, 0.2) is 30.3 Å². The fourth-order valence-electron chi connectivity index (χ4n) is 3.22. The number of anilines is 1. The van der Waals surface area contributed by atoms with E-state index in [1.54, 1.807) is 6.92 Å². The van der Waals surface area contributed by atoms with Crippen molar-refractivity contribution < 1.29 is 24.1 Å². The third kappa shape index (κ3) is 6.13. The van der Waals surface area contributed by atoms with Crippen LogP contribution in [0, 0.1) is 0 Å². The van der Waals surface area contributed by atoms with E-state index in [0.717, 1.165) is 35.6 Å². The Labute approximate surface area is 177 Å². The number of carbonyl (C=O) groups is 2. The summed E-state index contributed by atoms with van der Waals surface area (Å²) in [5.41, 5.74) is 2.28. The Morgan fingerprint density at radius 2 is 1.72 bits per heavy atom. The molecule has 1 amide bonds. The van der Waals surface area contributed by atoms with E-state index in [-0.39, 0.29) is 12.5 Å². The normalized spacial score (nSPS) is 11.1. The predicted octanol–water partition coefficient (Wildman–Crippen LogP) is 1.10. The quantitative estimate of drug-likeness (QED) is 0.506. The molecule has 0 saturated carbocycles. The lowest BCUT2D eigenvalue weighted by molar-refractivity contribution is -0.888. The molecule has 0 saturated heterocycles. The van der Waals surface area contributed by atoms with Crippen molar-refractivity contribution >= 4 is 28.2 Å². The average molecular weight is 420 g/mol. The summed E-state index contributed by atoms with van der Waals surface area (Å²) in [5.74, 6) is -0.480. The standard InChI is InChI=1S/C22H31N3O3S/c1-6-25(7-2)15-18(26)23-21-20(22(27)28-8-3)19(16-12-10-9-11-13-16)17(29-21)14-24(4)5/h9-13H,6-8,14-15H2,1-5H3,(H,23,26)/p+2. The molecule has 0 bridgehead atoms. The Kier molecular flexibility index (Phi) is 8.82. The Morgan fingerprint density at radius 3 is 2.28 bits per heavy atom. The lowest BCUT2D eigenvalue weighted by Crippen LogP contribution is -3.12. The maximum atomic E-state index is 12.9. The number of hydrogen-bond acceptors (Lipinski definition) is 4. The summed E-state index contributed by atoms with van der Waals surface area (Å²) in [6.45, 7) is 9.08. The van der Waals surface area contributed by atoms with Crippen molar-refractivity contribution in [3.8, 4) is 11.1 Å². The topological polar surface area (TPSA) is 64.3 Å². The Balaban J connectivity index is 2.53. The Morgan fingerprint density at radius 1 is 1.07 bits per heavy atom. The fourth-order valence-corrected chi connectivity index (χ4v) is 4.60. The summed E-state index contributed by atoms with van der Waals surface area (Å²) in [6.07, 6.45) is 0. The molecule has 0 aliphatic carbocycles. The van der Waals surface area contributed by atoms with E-state index in [4.69, 9.17) is 4.74 Å². The third-order valence-corrected chi connectivity index (χ3v) is 5.81. The molecule has 7 heteroatoms. The number of quaternary nitrogens is 2. The maximum Gasteiger partial charge on any atom is 0.341 e. The van der Waals surface area contributed by atoms with Crippen LogP contribution in [-0.2, 0) is 16.1 Å². The van der Waals surface area contributed by atoms with Crippen LogP contribution in [0.5, 0.6) is 0 Å². The molecule has 29 heavy (non-hydrogen) atoms. The summed E-state index contributed by atoms with van der Waals surface area (Å²) >= 11 is 1.47. The summed E-state index contributed by atoms with van der Waals surface area (Å²) in [7, 11) is 4.14. The fraction of sp³-hybridized carbons (Fsp3) is 0.455. The number of rotatable bonds is 10. The van der Waals surface area contributed by atoms with E-state index >= 15 is 0 Å². The lowest BCUT2D eigenvalue weighted by Gasteiger charge is -2.15. The molecule has 0 spiro atoms. The highest BCUT2D eigenvalue weighted by molar-refractivity contribution is 7.17. The molecular formula is C22H33N3O3S+2. The van der Waals surface area contributed by atoms with Gasteiger partial charge >= 0.3 is 5.97 Å². The summed E-state index contributed by atoms with van der Waals surface area (Å²) in [5, 5.41) is 3.58. The number of carbonyl (C=O) groups excluding carboxylic acids is 2. The molecule has 0 fully saturated rings. The van der Waals surface area contributed by atoms with Crippen LogP contribution in [0.4, 0.5) is 5.00 Å². The van der Waals surface area contributed by atoms with Gasteiger partial charge in [-0.15, -0.1) is 11.3 Å².